The van der Waals surface area contributed by atoms with E-state index in [0.717, 1.165) is 13.0 Å². The Morgan fingerprint density at radius 1 is 1.53 bits per heavy atom. The molecular weight excluding hydrogens is 190 g/mol. The van der Waals surface area contributed by atoms with E-state index in [1.165, 1.54) is 19.1 Å². The fraction of sp³-hybridized carbons (Fsp3) is 0.417. The summed E-state index contributed by atoms with van der Waals surface area (Å²) in [7, 11) is 1.41. The van der Waals surface area contributed by atoms with Gasteiger partial charge in [0.15, 0.2) is 0 Å². The number of hydrogen-bond acceptors (Lipinski definition) is 3. The van der Waals surface area contributed by atoms with Crippen LogP contribution >= 0.6 is 0 Å². The Labute approximate surface area is 89.4 Å². The molecule has 1 N–H and O–H groups in total. The third-order valence-corrected chi connectivity index (χ3v) is 2.77. The quantitative estimate of drug-likeness (QED) is 0.749. The maximum Gasteiger partial charge on any atom is 0.337 e. The maximum absolute atomic E-state index is 11.3. The highest BCUT2D eigenvalue weighted by Gasteiger charge is 2.17. The summed E-state index contributed by atoms with van der Waals surface area (Å²) in [6.07, 6.45) is 2.34. The van der Waals surface area contributed by atoms with Gasteiger partial charge in [-0.05, 0) is 37.1 Å². The number of hydrogen-bond donors (Lipinski definition) is 1. The van der Waals surface area contributed by atoms with Crippen LogP contribution < -0.4 is 5.32 Å². The molecule has 1 aliphatic rings. The number of nitrogens with one attached hydrogen (secondary N) is 1. The van der Waals surface area contributed by atoms with E-state index >= 15 is 0 Å². The highest BCUT2D eigenvalue weighted by Crippen LogP contribution is 2.23. The first-order chi connectivity index (χ1) is 7.31. The van der Waals surface area contributed by atoms with E-state index in [1.54, 1.807) is 6.07 Å². The van der Waals surface area contributed by atoms with Crippen LogP contribution in [0.4, 0.5) is 0 Å². The van der Waals surface area contributed by atoms with Gasteiger partial charge >= 0.3 is 5.97 Å². The van der Waals surface area contributed by atoms with Crippen molar-refractivity contribution >= 4 is 5.97 Å². The number of esters is 1. The maximum atomic E-state index is 11.3. The van der Waals surface area contributed by atoms with Crippen LogP contribution in [0.3, 0.4) is 0 Å². The average Bonchev–Trinajstić information content (AvgIpc) is 2.82. The first kappa shape index (κ1) is 10.2. The molecule has 0 spiro atoms. The summed E-state index contributed by atoms with van der Waals surface area (Å²) in [5.74, 6) is -0.269. The lowest BCUT2D eigenvalue weighted by Gasteiger charge is -2.11. The second kappa shape index (κ2) is 4.45. The van der Waals surface area contributed by atoms with Crippen LogP contribution in [0.5, 0.6) is 0 Å². The van der Waals surface area contributed by atoms with Crippen molar-refractivity contribution < 1.29 is 9.53 Å². The minimum Gasteiger partial charge on any atom is -0.465 e. The van der Waals surface area contributed by atoms with E-state index in [0.29, 0.717) is 11.6 Å². The van der Waals surface area contributed by atoms with Crippen molar-refractivity contribution in [3.63, 3.8) is 0 Å². The molecule has 0 radical (unpaired) electrons. The summed E-state index contributed by atoms with van der Waals surface area (Å²) in [6.45, 7) is 1.06. The summed E-state index contributed by atoms with van der Waals surface area (Å²) in [4.78, 5) is 11.3. The van der Waals surface area contributed by atoms with Crippen LogP contribution in [0.2, 0.25) is 0 Å². The van der Waals surface area contributed by atoms with Gasteiger partial charge in [-0.2, -0.15) is 0 Å². The predicted octanol–water partition coefficient (Wildman–Crippen LogP) is 1.90. The molecule has 1 aliphatic heterocycles. The summed E-state index contributed by atoms with van der Waals surface area (Å²) < 4.78 is 4.69. The summed E-state index contributed by atoms with van der Waals surface area (Å²) in [5.41, 5.74) is 1.80. The molecule has 1 unspecified atom stereocenters. The van der Waals surface area contributed by atoms with Crippen LogP contribution in [0.1, 0.15) is 34.8 Å². The lowest BCUT2D eigenvalue weighted by atomic mass is 10.0. The van der Waals surface area contributed by atoms with Gasteiger partial charge in [0.1, 0.15) is 0 Å². The molecule has 3 heteroatoms. The largest absolute Gasteiger partial charge is 0.465 e. The first-order valence-electron chi connectivity index (χ1n) is 5.23. The van der Waals surface area contributed by atoms with E-state index in [1.807, 2.05) is 12.1 Å². The van der Waals surface area contributed by atoms with Gasteiger partial charge in [-0.25, -0.2) is 4.79 Å². The van der Waals surface area contributed by atoms with Crippen LogP contribution in [-0.4, -0.2) is 19.6 Å². The van der Waals surface area contributed by atoms with Gasteiger partial charge in [-0.3, -0.25) is 0 Å². The van der Waals surface area contributed by atoms with Crippen molar-refractivity contribution in [3.8, 4) is 0 Å². The topological polar surface area (TPSA) is 38.3 Å². The predicted molar refractivity (Wildman–Crippen MR) is 57.8 cm³/mol. The Bertz CT molecular complexity index is 356. The summed E-state index contributed by atoms with van der Waals surface area (Å²) >= 11 is 0. The van der Waals surface area contributed by atoms with E-state index in [9.17, 15) is 4.79 Å². The first-order valence-corrected chi connectivity index (χ1v) is 5.23. The number of rotatable bonds is 2. The van der Waals surface area contributed by atoms with Crippen molar-refractivity contribution in [2.24, 2.45) is 0 Å². The minimum absolute atomic E-state index is 0.269. The SMILES string of the molecule is COC(=O)c1cccc(C2CCCN2)c1. The molecule has 1 heterocycles. The minimum atomic E-state index is -0.269. The normalized spacial score (nSPS) is 20.2. The Balaban J connectivity index is 2.21. The van der Waals surface area contributed by atoms with E-state index < -0.39 is 0 Å². The Hall–Kier alpha value is -1.35. The standard InChI is InChI=1S/C12H15NO2/c1-15-12(14)10-5-2-4-9(8-10)11-6-3-7-13-11/h2,4-5,8,11,13H,3,6-7H2,1H3. The van der Waals surface area contributed by atoms with E-state index in [-0.39, 0.29) is 5.97 Å². The second-order valence-electron chi connectivity index (χ2n) is 3.77. The zero-order chi connectivity index (χ0) is 10.7. The number of carbonyl (C=O) groups excluding carboxylic acids is 1. The van der Waals surface area contributed by atoms with Crippen LogP contribution in [0, 0.1) is 0 Å². The molecule has 2 rings (SSSR count). The molecule has 0 amide bonds. The van der Waals surface area contributed by atoms with Crippen LogP contribution in [0.15, 0.2) is 24.3 Å². The second-order valence-corrected chi connectivity index (χ2v) is 3.77. The van der Waals surface area contributed by atoms with Gasteiger partial charge < -0.3 is 10.1 Å². The van der Waals surface area contributed by atoms with Gasteiger partial charge in [0.25, 0.3) is 0 Å². The van der Waals surface area contributed by atoms with Gasteiger partial charge in [0.2, 0.25) is 0 Å². The molecule has 1 aromatic carbocycles. The van der Waals surface area contributed by atoms with Crippen LogP contribution in [0.25, 0.3) is 0 Å². The molecule has 3 nitrogen and oxygen atoms in total. The van der Waals surface area contributed by atoms with Crippen molar-refractivity contribution in [2.75, 3.05) is 13.7 Å². The number of methoxy groups -OCH3 is 1. The molecule has 0 aromatic heterocycles. The number of ether oxygens (including phenoxy) is 1. The average molecular weight is 205 g/mol. The third kappa shape index (κ3) is 2.18. The van der Waals surface area contributed by atoms with Crippen molar-refractivity contribution in [1.82, 2.24) is 5.32 Å². The van der Waals surface area contributed by atoms with E-state index in [4.69, 9.17) is 4.74 Å². The monoisotopic (exact) mass is 205 g/mol. The molecule has 1 atom stereocenters. The van der Waals surface area contributed by atoms with E-state index in [2.05, 4.69) is 11.4 Å². The lowest BCUT2D eigenvalue weighted by Crippen LogP contribution is -2.13. The molecule has 0 bridgehead atoms. The van der Waals surface area contributed by atoms with Crippen molar-refractivity contribution in [1.29, 1.82) is 0 Å². The zero-order valence-electron chi connectivity index (χ0n) is 8.82. The summed E-state index contributed by atoms with van der Waals surface area (Å²) in [6, 6.07) is 8.05. The van der Waals surface area contributed by atoms with Gasteiger partial charge in [0.05, 0.1) is 12.7 Å². The lowest BCUT2D eigenvalue weighted by molar-refractivity contribution is 0.0600. The van der Waals surface area contributed by atoms with Gasteiger partial charge in [-0.15, -0.1) is 0 Å². The van der Waals surface area contributed by atoms with Gasteiger partial charge in [-0.1, -0.05) is 12.1 Å². The van der Waals surface area contributed by atoms with Crippen LogP contribution in [-0.2, 0) is 4.74 Å². The highest BCUT2D eigenvalue weighted by molar-refractivity contribution is 5.89. The molecule has 0 aliphatic carbocycles. The van der Waals surface area contributed by atoms with Crippen molar-refractivity contribution in [2.45, 2.75) is 18.9 Å². The fourth-order valence-corrected chi connectivity index (χ4v) is 1.97. The molecular formula is C12H15NO2. The highest BCUT2D eigenvalue weighted by atomic mass is 16.5. The Kier molecular flexibility index (Phi) is 3.02. The zero-order valence-corrected chi connectivity index (χ0v) is 8.82. The summed E-state index contributed by atoms with van der Waals surface area (Å²) in [5, 5.41) is 3.40. The van der Waals surface area contributed by atoms with Crippen molar-refractivity contribution in [3.05, 3.63) is 35.4 Å². The molecule has 1 aromatic rings. The molecule has 0 saturated carbocycles. The molecule has 15 heavy (non-hydrogen) atoms. The molecule has 1 saturated heterocycles. The fourth-order valence-electron chi connectivity index (χ4n) is 1.97. The number of carbonyl (C=O) groups is 1. The Morgan fingerprint density at radius 3 is 3.07 bits per heavy atom. The molecule has 1 fully saturated rings. The third-order valence-electron chi connectivity index (χ3n) is 2.77. The van der Waals surface area contributed by atoms with Gasteiger partial charge in [0, 0.05) is 6.04 Å². The smallest absolute Gasteiger partial charge is 0.337 e. The molecule has 80 valence electrons. The number of benzene rings is 1. The Morgan fingerprint density at radius 2 is 2.40 bits per heavy atom.